The highest BCUT2D eigenvalue weighted by Crippen LogP contribution is 2.17. The van der Waals surface area contributed by atoms with E-state index in [0.29, 0.717) is 0 Å². The molecule has 3 nitrogen and oxygen atoms in total. The molecule has 0 atom stereocenters. The van der Waals surface area contributed by atoms with Crippen molar-refractivity contribution < 1.29 is 0 Å². The molecule has 1 heterocycles. The molecule has 0 radical (unpaired) electrons. The summed E-state index contributed by atoms with van der Waals surface area (Å²) in [7, 11) is 4.18. The van der Waals surface area contributed by atoms with E-state index in [0.717, 1.165) is 13.1 Å². The van der Waals surface area contributed by atoms with Gasteiger partial charge in [0.2, 0.25) is 0 Å². The van der Waals surface area contributed by atoms with E-state index in [-0.39, 0.29) is 0 Å². The highest BCUT2D eigenvalue weighted by molar-refractivity contribution is 5.79. The van der Waals surface area contributed by atoms with Crippen molar-refractivity contribution >= 4 is 16.6 Å². The zero-order valence-corrected chi connectivity index (χ0v) is 12.6. The van der Waals surface area contributed by atoms with Gasteiger partial charge in [-0.25, -0.2) is 0 Å². The number of aromatic amines is 1. The summed E-state index contributed by atoms with van der Waals surface area (Å²) >= 11 is 0. The Morgan fingerprint density at radius 3 is 2.76 bits per heavy atom. The van der Waals surface area contributed by atoms with E-state index in [1.165, 1.54) is 27.7 Å². The lowest BCUT2D eigenvalue weighted by Crippen LogP contribution is -2.10. The molecule has 0 bridgehead atoms. The molecule has 1 aromatic heterocycles. The average Bonchev–Trinajstić information content (AvgIpc) is 2.92. The zero-order valence-electron chi connectivity index (χ0n) is 12.6. The van der Waals surface area contributed by atoms with Gasteiger partial charge in [0.15, 0.2) is 0 Å². The van der Waals surface area contributed by atoms with Gasteiger partial charge in [-0.2, -0.15) is 0 Å². The van der Waals surface area contributed by atoms with Crippen LogP contribution in [0.1, 0.15) is 11.1 Å². The van der Waals surface area contributed by atoms with E-state index in [4.69, 9.17) is 0 Å². The Labute approximate surface area is 125 Å². The van der Waals surface area contributed by atoms with Crippen LogP contribution in [0.4, 0.5) is 5.69 Å². The lowest BCUT2D eigenvalue weighted by atomic mass is 10.1. The molecular formula is C18H21N3. The van der Waals surface area contributed by atoms with E-state index < -0.39 is 0 Å². The molecule has 0 unspecified atom stereocenters. The maximum Gasteiger partial charge on any atom is 0.0457 e. The minimum Gasteiger partial charge on any atom is -0.381 e. The third-order valence-electron chi connectivity index (χ3n) is 3.54. The van der Waals surface area contributed by atoms with Gasteiger partial charge in [-0.3, -0.25) is 0 Å². The van der Waals surface area contributed by atoms with Crippen molar-refractivity contribution in [1.82, 2.24) is 9.88 Å². The number of H-pyrrole nitrogens is 1. The van der Waals surface area contributed by atoms with E-state index in [1.807, 2.05) is 6.20 Å². The van der Waals surface area contributed by atoms with Crippen molar-refractivity contribution in [3.8, 4) is 0 Å². The molecule has 0 saturated carbocycles. The van der Waals surface area contributed by atoms with Gasteiger partial charge in [0.1, 0.15) is 0 Å². The van der Waals surface area contributed by atoms with Crippen LogP contribution in [-0.2, 0) is 13.1 Å². The fourth-order valence-electron chi connectivity index (χ4n) is 2.55. The number of rotatable bonds is 5. The Morgan fingerprint density at radius 1 is 1.00 bits per heavy atom. The number of nitrogens with zero attached hydrogens (tertiary/aromatic N) is 1. The van der Waals surface area contributed by atoms with Gasteiger partial charge in [-0.1, -0.05) is 24.3 Å². The first-order chi connectivity index (χ1) is 10.2. The molecule has 3 rings (SSSR count). The third kappa shape index (κ3) is 3.44. The second-order valence-corrected chi connectivity index (χ2v) is 5.69. The summed E-state index contributed by atoms with van der Waals surface area (Å²) in [6, 6.07) is 17.2. The van der Waals surface area contributed by atoms with Gasteiger partial charge in [0.25, 0.3) is 0 Å². The van der Waals surface area contributed by atoms with Crippen LogP contribution in [0.2, 0.25) is 0 Å². The lowest BCUT2D eigenvalue weighted by Gasteiger charge is -2.12. The first-order valence-electron chi connectivity index (χ1n) is 7.24. The van der Waals surface area contributed by atoms with Crippen LogP contribution >= 0.6 is 0 Å². The second-order valence-electron chi connectivity index (χ2n) is 5.69. The van der Waals surface area contributed by atoms with Gasteiger partial charge in [0.05, 0.1) is 0 Å². The van der Waals surface area contributed by atoms with Crippen molar-refractivity contribution in [3.63, 3.8) is 0 Å². The third-order valence-corrected chi connectivity index (χ3v) is 3.54. The number of hydrogen-bond donors (Lipinski definition) is 2. The maximum atomic E-state index is 3.50. The molecule has 0 amide bonds. The maximum absolute atomic E-state index is 3.50. The topological polar surface area (TPSA) is 31.1 Å². The summed E-state index contributed by atoms with van der Waals surface area (Å²) in [5.41, 5.74) is 4.96. The van der Waals surface area contributed by atoms with Crippen molar-refractivity contribution in [2.45, 2.75) is 13.1 Å². The van der Waals surface area contributed by atoms with E-state index in [2.05, 4.69) is 77.8 Å². The van der Waals surface area contributed by atoms with Gasteiger partial charge >= 0.3 is 0 Å². The Balaban J connectivity index is 1.69. The second kappa shape index (κ2) is 6.02. The van der Waals surface area contributed by atoms with Crippen LogP contribution in [0.3, 0.4) is 0 Å². The standard InChI is InChI=1S/C18H21N3/c1-21(2)13-15-4-3-5-17(10-15)20-12-14-6-7-16-8-9-19-18(16)11-14/h3-11,19-20H,12-13H2,1-2H3. The molecule has 0 aliphatic heterocycles. The van der Waals surface area contributed by atoms with Crippen molar-refractivity contribution in [2.75, 3.05) is 19.4 Å². The van der Waals surface area contributed by atoms with E-state index in [9.17, 15) is 0 Å². The largest absolute Gasteiger partial charge is 0.381 e. The fourth-order valence-corrected chi connectivity index (χ4v) is 2.55. The van der Waals surface area contributed by atoms with Crippen LogP contribution < -0.4 is 5.32 Å². The number of hydrogen-bond acceptors (Lipinski definition) is 2. The normalized spacial score (nSPS) is 11.2. The molecule has 108 valence electrons. The summed E-state index contributed by atoms with van der Waals surface area (Å²) in [4.78, 5) is 5.43. The van der Waals surface area contributed by atoms with Crippen LogP contribution in [0.25, 0.3) is 10.9 Å². The Hall–Kier alpha value is -2.26. The molecule has 21 heavy (non-hydrogen) atoms. The zero-order chi connectivity index (χ0) is 14.7. The van der Waals surface area contributed by atoms with Crippen molar-refractivity contribution in [2.24, 2.45) is 0 Å². The highest BCUT2D eigenvalue weighted by atomic mass is 15.0. The predicted molar refractivity (Wildman–Crippen MR) is 89.5 cm³/mol. The van der Waals surface area contributed by atoms with Gasteiger partial charge in [-0.15, -0.1) is 0 Å². The quantitative estimate of drug-likeness (QED) is 0.743. The molecule has 2 aromatic carbocycles. The van der Waals surface area contributed by atoms with E-state index in [1.54, 1.807) is 0 Å². The molecule has 0 aliphatic carbocycles. The first-order valence-corrected chi connectivity index (χ1v) is 7.24. The Bertz CT molecular complexity index is 728. The summed E-state index contributed by atoms with van der Waals surface area (Å²) in [6.45, 7) is 1.80. The lowest BCUT2D eigenvalue weighted by molar-refractivity contribution is 0.402. The Kier molecular flexibility index (Phi) is 3.93. The molecule has 0 spiro atoms. The minimum absolute atomic E-state index is 0.834. The molecule has 0 aliphatic rings. The predicted octanol–water partition coefficient (Wildman–Crippen LogP) is 3.84. The molecule has 3 heteroatoms. The van der Waals surface area contributed by atoms with Crippen LogP contribution in [0.15, 0.2) is 54.7 Å². The number of fused-ring (bicyclic) bond motifs is 1. The molecule has 0 saturated heterocycles. The SMILES string of the molecule is CN(C)Cc1cccc(NCc2ccc3cc[nH]c3c2)c1. The van der Waals surface area contributed by atoms with Crippen molar-refractivity contribution in [3.05, 3.63) is 65.9 Å². The summed E-state index contributed by atoms with van der Waals surface area (Å²) in [5.74, 6) is 0. The van der Waals surface area contributed by atoms with Gasteiger partial charge in [-0.05, 0) is 54.9 Å². The van der Waals surface area contributed by atoms with Crippen LogP contribution in [0, 0.1) is 0 Å². The first kappa shape index (κ1) is 13.7. The number of nitrogens with one attached hydrogen (secondary N) is 2. The number of benzene rings is 2. The van der Waals surface area contributed by atoms with Gasteiger partial charge < -0.3 is 15.2 Å². The summed E-state index contributed by atoms with van der Waals surface area (Å²) < 4.78 is 0. The molecule has 3 aromatic rings. The monoisotopic (exact) mass is 279 g/mol. The number of anilines is 1. The fraction of sp³-hybridized carbons (Fsp3) is 0.222. The smallest absolute Gasteiger partial charge is 0.0457 e. The van der Waals surface area contributed by atoms with Crippen molar-refractivity contribution in [1.29, 1.82) is 0 Å². The number of aromatic nitrogens is 1. The summed E-state index contributed by atoms with van der Waals surface area (Å²) in [6.07, 6.45) is 1.98. The van der Waals surface area contributed by atoms with Crippen LogP contribution in [-0.4, -0.2) is 24.0 Å². The minimum atomic E-state index is 0.834. The van der Waals surface area contributed by atoms with Gasteiger partial charge in [0, 0.05) is 30.5 Å². The Morgan fingerprint density at radius 2 is 1.90 bits per heavy atom. The van der Waals surface area contributed by atoms with E-state index >= 15 is 0 Å². The average molecular weight is 279 g/mol. The molecule has 0 fully saturated rings. The van der Waals surface area contributed by atoms with Crippen LogP contribution in [0.5, 0.6) is 0 Å². The summed E-state index contributed by atoms with van der Waals surface area (Å²) in [5, 5.41) is 4.76. The highest BCUT2D eigenvalue weighted by Gasteiger charge is 2.00. The molecular weight excluding hydrogens is 258 g/mol. The molecule has 2 N–H and O–H groups in total.